The van der Waals surface area contributed by atoms with Gasteiger partial charge in [-0.3, -0.25) is 4.98 Å². The fraction of sp³-hybridized carbons (Fsp3) is 0. The summed E-state index contributed by atoms with van der Waals surface area (Å²) in [4.78, 5) is 11.9. The van der Waals surface area contributed by atoms with Crippen molar-refractivity contribution in [3.63, 3.8) is 0 Å². The Bertz CT molecular complexity index is 395. The van der Waals surface area contributed by atoms with E-state index in [2.05, 4.69) is 30.9 Å². The van der Waals surface area contributed by atoms with Crippen LogP contribution in [0.1, 0.15) is 0 Å². The number of nitrogens with zero attached hydrogens (tertiary/aromatic N) is 3. The molecule has 0 saturated carbocycles. The van der Waals surface area contributed by atoms with Crippen molar-refractivity contribution >= 4 is 38.6 Å². The SMILES string of the molecule is Clc1ncc2ncc(Br)cc2n1. The minimum atomic E-state index is 0.238. The highest BCUT2D eigenvalue weighted by atomic mass is 79.9. The molecule has 0 atom stereocenters. The second-order valence-electron chi connectivity index (χ2n) is 2.20. The quantitative estimate of drug-likeness (QED) is 0.668. The van der Waals surface area contributed by atoms with Gasteiger partial charge < -0.3 is 0 Å². The van der Waals surface area contributed by atoms with Gasteiger partial charge in [0.2, 0.25) is 5.28 Å². The lowest BCUT2D eigenvalue weighted by Crippen LogP contribution is -1.86. The highest BCUT2D eigenvalue weighted by molar-refractivity contribution is 9.10. The molecule has 0 aliphatic rings. The number of hydrogen-bond donors (Lipinski definition) is 0. The Morgan fingerprint density at radius 1 is 1.17 bits per heavy atom. The predicted molar refractivity (Wildman–Crippen MR) is 50.0 cm³/mol. The topological polar surface area (TPSA) is 38.7 Å². The van der Waals surface area contributed by atoms with Crippen LogP contribution in [0.5, 0.6) is 0 Å². The summed E-state index contributed by atoms with van der Waals surface area (Å²) in [5.74, 6) is 0. The second-order valence-corrected chi connectivity index (χ2v) is 3.45. The van der Waals surface area contributed by atoms with Gasteiger partial charge in [0.1, 0.15) is 5.52 Å². The van der Waals surface area contributed by atoms with Crippen LogP contribution in [0, 0.1) is 0 Å². The minimum Gasteiger partial charge on any atom is -0.252 e. The maximum atomic E-state index is 5.61. The number of aromatic nitrogens is 3. The van der Waals surface area contributed by atoms with Gasteiger partial charge in [0, 0.05) is 10.7 Å². The molecule has 60 valence electrons. The van der Waals surface area contributed by atoms with Crippen molar-refractivity contribution in [1.82, 2.24) is 15.0 Å². The molecule has 0 amide bonds. The molecule has 2 rings (SSSR count). The fourth-order valence-electron chi connectivity index (χ4n) is 0.871. The van der Waals surface area contributed by atoms with Crippen molar-refractivity contribution < 1.29 is 0 Å². The zero-order valence-electron chi connectivity index (χ0n) is 5.83. The molecule has 0 radical (unpaired) electrons. The van der Waals surface area contributed by atoms with Gasteiger partial charge in [0.25, 0.3) is 0 Å². The van der Waals surface area contributed by atoms with Crippen molar-refractivity contribution in [2.75, 3.05) is 0 Å². The van der Waals surface area contributed by atoms with Crippen molar-refractivity contribution in [2.45, 2.75) is 0 Å². The molecule has 0 aliphatic heterocycles. The van der Waals surface area contributed by atoms with E-state index in [0.717, 1.165) is 15.5 Å². The van der Waals surface area contributed by atoms with Crippen molar-refractivity contribution in [3.8, 4) is 0 Å². The third-order valence-electron chi connectivity index (χ3n) is 1.37. The molecule has 0 aliphatic carbocycles. The van der Waals surface area contributed by atoms with E-state index >= 15 is 0 Å². The van der Waals surface area contributed by atoms with Gasteiger partial charge in [-0.1, -0.05) is 0 Å². The first-order chi connectivity index (χ1) is 5.75. The fourth-order valence-corrected chi connectivity index (χ4v) is 1.33. The smallest absolute Gasteiger partial charge is 0.223 e. The zero-order chi connectivity index (χ0) is 8.55. The van der Waals surface area contributed by atoms with Crippen molar-refractivity contribution in [1.29, 1.82) is 0 Å². The summed E-state index contributed by atoms with van der Waals surface area (Å²) in [7, 11) is 0. The van der Waals surface area contributed by atoms with Crippen LogP contribution >= 0.6 is 27.5 Å². The van der Waals surface area contributed by atoms with Gasteiger partial charge in [-0.2, -0.15) is 0 Å². The largest absolute Gasteiger partial charge is 0.252 e. The molecule has 2 aromatic heterocycles. The summed E-state index contributed by atoms with van der Waals surface area (Å²) in [6.45, 7) is 0. The molecule has 0 unspecified atom stereocenters. The summed E-state index contributed by atoms with van der Waals surface area (Å²) >= 11 is 8.90. The molecule has 3 nitrogen and oxygen atoms in total. The van der Waals surface area contributed by atoms with Gasteiger partial charge in [-0.05, 0) is 33.6 Å². The summed E-state index contributed by atoms with van der Waals surface area (Å²) in [5.41, 5.74) is 1.48. The average molecular weight is 244 g/mol. The van der Waals surface area contributed by atoms with Crippen LogP contribution in [-0.2, 0) is 0 Å². The number of rotatable bonds is 0. The molecule has 0 spiro atoms. The van der Waals surface area contributed by atoms with Crippen LogP contribution in [0.3, 0.4) is 0 Å². The van der Waals surface area contributed by atoms with E-state index in [9.17, 15) is 0 Å². The standard InChI is InChI=1S/C7H3BrClN3/c8-4-1-5-6(10-2-4)3-11-7(9)12-5/h1-3H. The number of fused-ring (bicyclic) bond motifs is 1. The van der Waals surface area contributed by atoms with E-state index in [0.29, 0.717) is 0 Å². The molecule has 0 bridgehead atoms. The lowest BCUT2D eigenvalue weighted by molar-refractivity contribution is 1.19. The Balaban J connectivity index is 2.80. The van der Waals surface area contributed by atoms with E-state index in [1.165, 1.54) is 0 Å². The number of pyridine rings is 1. The summed E-state index contributed by atoms with van der Waals surface area (Å²) < 4.78 is 0.879. The molecule has 12 heavy (non-hydrogen) atoms. The molecule has 0 fully saturated rings. The Labute approximate surface area is 81.9 Å². The van der Waals surface area contributed by atoms with E-state index in [1.54, 1.807) is 12.4 Å². The molecule has 0 aromatic carbocycles. The van der Waals surface area contributed by atoms with Gasteiger partial charge in [0.15, 0.2) is 0 Å². The van der Waals surface area contributed by atoms with Crippen LogP contribution in [0.2, 0.25) is 5.28 Å². The van der Waals surface area contributed by atoms with Crippen molar-refractivity contribution in [3.05, 3.63) is 28.2 Å². The third kappa shape index (κ3) is 1.40. The molecule has 0 saturated heterocycles. The first-order valence-electron chi connectivity index (χ1n) is 3.19. The first kappa shape index (κ1) is 7.89. The van der Waals surface area contributed by atoms with Crippen LogP contribution in [0.15, 0.2) is 22.9 Å². The Hall–Kier alpha value is -0.740. The molecule has 2 heterocycles. The molecule has 5 heteroatoms. The van der Waals surface area contributed by atoms with E-state index in [-0.39, 0.29) is 5.28 Å². The molecule has 2 aromatic rings. The Morgan fingerprint density at radius 3 is 2.83 bits per heavy atom. The first-order valence-corrected chi connectivity index (χ1v) is 4.36. The third-order valence-corrected chi connectivity index (χ3v) is 1.99. The van der Waals surface area contributed by atoms with Gasteiger partial charge in [0.05, 0.1) is 11.7 Å². The summed E-state index contributed by atoms with van der Waals surface area (Å²) in [5, 5.41) is 0.238. The monoisotopic (exact) mass is 243 g/mol. The average Bonchev–Trinajstić information content (AvgIpc) is 2.03. The van der Waals surface area contributed by atoms with E-state index < -0.39 is 0 Å². The summed E-state index contributed by atoms with van der Waals surface area (Å²) in [6.07, 6.45) is 3.29. The Kier molecular flexibility index (Phi) is 1.94. The highest BCUT2D eigenvalue weighted by Crippen LogP contribution is 2.15. The zero-order valence-corrected chi connectivity index (χ0v) is 8.17. The normalized spacial score (nSPS) is 10.5. The van der Waals surface area contributed by atoms with Gasteiger partial charge in [-0.25, -0.2) is 9.97 Å². The summed E-state index contributed by atoms with van der Waals surface area (Å²) in [6, 6.07) is 1.84. The minimum absolute atomic E-state index is 0.238. The van der Waals surface area contributed by atoms with E-state index in [1.807, 2.05) is 6.07 Å². The van der Waals surface area contributed by atoms with E-state index in [4.69, 9.17) is 11.6 Å². The Morgan fingerprint density at radius 2 is 2.00 bits per heavy atom. The predicted octanol–water partition coefficient (Wildman–Crippen LogP) is 2.44. The van der Waals surface area contributed by atoms with Gasteiger partial charge in [-0.15, -0.1) is 0 Å². The number of halogens is 2. The second kappa shape index (κ2) is 2.95. The number of hydrogen-bond acceptors (Lipinski definition) is 3. The lowest BCUT2D eigenvalue weighted by atomic mass is 10.4. The van der Waals surface area contributed by atoms with Crippen LogP contribution in [0.25, 0.3) is 11.0 Å². The molecular weight excluding hydrogens is 241 g/mol. The highest BCUT2D eigenvalue weighted by Gasteiger charge is 1.98. The maximum Gasteiger partial charge on any atom is 0.223 e. The molecular formula is C7H3BrClN3. The van der Waals surface area contributed by atoms with Crippen LogP contribution < -0.4 is 0 Å². The van der Waals surface area contributed by atoms with Crippen LogP contribution in [-0.4, -0.2) is 15.0 Å². The lowest BCUT2D eigenvalue weighted by Gasteiger charge is -1.95. The molecule has 0 N–H and O–H groups in total. The van der Waals surface area contributed by atoms with Crippen LogP contribution in [0.4, 0.5) is 0 Å². The van der Waals surface area contributed by atoms with Gasteiger partial charge >= 0.3 is 0 Å². The van der Waals surface area contributed by atoms with Crippen molar-refractivity contribution in [2.24, 2.45) is 0 Å². The maximum absolute atomic E-state index is 5.61.